The molecule has 0 aliphatic carbocycles. The maximum Gasteiger partial charge on any atom is 0.164 e. The Kier molecular flexibility index (Phi) is 10.6. The first-order chi connectivity index (χ1) is 33.7. The van der Waals surface area contributed by atoms with E-state index >= 15 is 0 Å². The zero-order valence-electron chi connectivity index (χ0n) is 37.2. The molecule has 0 amide bonds. The van der Waals surface area contributed by atoms with Crippen molar-refractivity contribution in [3.63, 3.8) is 0 Å². The maximum atomic E-state index is 5.23. The Hall–Kier alpha value is -9.05. The van der Waals surface area contributed by atoms with Crippen LogP contribution in [0.25, 0.3) is 122 Å². The Balaban J connectivity index is 1.19. The third-order valence-electron chi connectivity index (χ3n) is 12.9. The van der Waals surface area contributed by atoms with E-state index in [0.717, 1.165) is 82.9 Å². The fraction of sp³-hybridized carbons (Fsp3) is 0. The van der Waals surface area contributed by atoms with Gasteiger partial charge in [-0.3, -0.25) is 0 Å². The molecule has 0 saturated carbocycles. The van der Waals surface area contributed by atoms with E-state index in [1.165, 1.54) is 22.1 Å². The van der Waals surface area contributed by atoms with E-state index < -0.39 is 0 Å². The van der Waals surface area contributed by atoms with Crippen molar-refractivity contribution in [3.8, 4) is 101 Å². The fourth-order valence-corrected chi connectivity index (χ4v) is 9.61. The molecule has 0 aliphatic heterocycles. The lowest BCUT2D eigenvalue weighted by atomic mass is 9.83. The molecule has 1 aromatic heterocycles. The summed E-state index contributed by atoms with van der Waals surface area (Å²) in [5, 5.41) is 4.58. The summed E-state index contributed by atoms with van der Waals surface area (Å²) in [7, 11) is 0. The van der Waals surface area contributed by atoms with Crippen molar-refractivity contribution < 1.29 is 0 Å². The number of rotatable bonds is 9. The molecule has 0 spiro atoms. The van der Waals surface area contributed by atoms with Gasteiger partial charge in [0, 0.05) is 16.7 Å². The summed E-state index contributed by atoms with van der Waals surface area (Å²) in [4.78, 5) is 15.5. The molecule has 0 unspecified atom stereocenters. The normalized spacial score (nSPS) is 11.2. The van der Waals surface area contributed by atoms with Crippen molar-refractivity contribution in [1.82, 2.24) is 15.0 Å². The highest BCUT2D eigenvalue weighted by Gasteiger charge is 2.21. The van der Waals surface area contributed by atoms with Crippen molar-refractivity contribution in [1.29, 1.82) is 0 Å². The Labute approximate surface area is 396 Å². The molecule has 12 rings (SSSR count). The minimum Gasteiger partial charge on any atom is -0.208 e. The summed E-state index contributed by atoms with van der Waals surface area (Å²) in [5.74, 6) is 1.87. The molecular formula is C65H43N3. The molecule has 318 valence electrons. The largest absolute Gasteiger partial charge is 0.208 e. The number of nitrogens with zero attached hydrogens (tertiary/aromatic N) is 3. The van der Waals surface area contributed by atoms with Gasteiger partial charge in [-0.15, -0.1) is 0 Å². The molecular weight excluding hydrogens is 823 g/mol. The first-order valence-corrected chi connectivity index (χ1v) is 23.1. The molecule has 3 nitrogen and oxygen atoms in total. The van der Waals surface area contributed by atoms with Gasteiger partial charge in [-0.2, -0.15) is 0 Å². The van der Waals surface area contributed by atoms with Gasteiger partial charge in [0.1, 0.15) is 0 Å². The second-order valence-electron chi connectivity index (χ2n) is 17.2. The Morgan fingerprint density at radius 3 is 0.779 bits per heavy atom. The molecule has 0 fully saturated rings. The predicted molar refractivity (Wildman–Crippen MR) is 284 cm³/mol. The van der Waals surface area contributed by atoms with Crippen LogP contribution in [-0.4, -0.2) is 15.0 Å². The minimum absolute atomic E-state index is 0.612. The van der Waals surface area contributed by atoms with Crippen molar-refractivity contribution in [2.24, 2.45) is 0 Å². The first-order valence-electron chi connectivity index (χ1n) is 23.1. The van der Waals surface area contributed by atoms with Gasteiger partial charge >= 0.3 is 0 Å². The minimum atomic E-state index is 0.612. The Morgan fingerprint density at radius 2 is 0.426 bits per heavy atom. The van der Waals surface area contributed by atoms with Crippen LogP contribution in [0.2, 0.25) is 0 Å². The number of aromatic nitrogens is 3. The second-order valence-corrected chi connectivity index (χ2v) is 17.2. The third kappa shape index (κ3) is 7.82. The van der Waals surface area contributed by atoms with E-state index in [9.17, 15) is 0 Å². The maximum absolute atomic E-state index is 5.23. The molecule has 0 atom stereocenters. The standard InChI is InChI=1S/C65H43N3/c1-7-21-44(22-8-1)51-37-52(45-23-9-2-10-24-45)40-55(39-51)61-57-33-19-20-34-58(57)62(56-41-53(46-25-11-3-12-26-46)38-54(42-56)47-27-13-4-14-28-47)60-43-50(35-36-59(60)61)65-67-63(48-29-15-5-16-30-48)66-64(68-65)49-31-17-6-18-32-49/h1-43H. The smallest absolute Gasteiger partial charge is 0.164 e. The lowest BCUT2D eigenvalue weighted by Gasteiger charge is -2.21. The molecule has 12 aromatic rings. The molecule has 0 bridgehead atoms. The molecule has 3 heteroatoms. The van der Waals surface area contributed by atoms with Gasteiger partial charge in [0.25, 0.3) is 0 Å². The summed E-state index contributed by atoms with van der Waals surface area (Å²) in [5.41, 5.74) is 16.7. The molecule has 68 heavy (non-hydrogen) atoms. The van der Waals surface area contributed by atoms with Crippen LogP contribution in [0.1, 0.15) is 0 Å². The molecule has 11 aromatic carbocycles. The third-order valence-corrected chi connectivity index (χ3v) is 12.9. The highest BCUT2D eigenvalue weighted by molar-refractivity contribution is 6.22. The summed E-state index contributed by atoms with van der Waals surface area (Å²) >= 11 is 0. The fourth-order valence-electron chi connectivity index (χ4n) is 9.61. The molecule has 0 N–H and O–H groups in total. The summed E-state index contributed by atoms with van der Waals surface area (Å²) < 4.78 is 0. The molecule has 0 radical (unpaired) electrons. The van der Waals surface area contributed by atoms with Gasteiger partial charge in [0.15, 0.2) is 17.5 Å². The van der Waals surface area contributed by atoms with E-state index in [0.29, 0.717) is 17.5 Å². The average Bonchev–Trinajstić information content (AvgIpc) is 3.43. The number of hydrogen-bond donors (Lipinski definition) is 0. The summed E-state index contributed by atoms with van der Waals surface area (Å²) in [6, 6.07) is 93.1. The van der Waals surface area contributed by atoms with Crippen LogP contribution in [0.4, 0.5) is 0 Å². The van der Waals surface area contributed by atoms with Crippen LogP contribution in [0, 0.1) is 0 Å². The van der Waals surface area contributed by atoms with E-state index in [1.807, 2.05) is 36.4 Å². The van der Waals surface area contributed by atoms with E-state index in [1.54, 1.807) is 0 Å². The van der Waals surface area contributed by atoms with Gasteiger partial charge in [-0.05, 0) is 131 Å². The quantitative estimate of drug-likeness (QED) is 0.136. The van der Waals surface area contributed by atoms with Crippen molar-refractivity contribution in [3.05, 3.63) is 261 Å². The van der Waals surface area contributed by atoms with Gasteiger partial charge in [-0.1, -0.05) is 218 Å². The van der Waals surface area contributed by atoms with Crippen LogP contribution in [0.3, 0.4) is 0 Å². The number of benzene rings is 11. The molecule has 1 heterocycles. The van der Waals surface area contributed by atoms with E-state index in [4.69, 9.17) is 15.0 Å². The van der Waals surface area contributed by atoms with Crippen molar-refractivity contribution in [2.45, 2.75) is 0 Å². The zero-order chi connectivity index (χ0) is 45.2. The van der Waals surface area contributed by atoms with E-state index in [-0.39, 0.29) is 0 Å². The zero-order valence-corrected chi connectivity index (χ0v) is 37.2. The number of fused-ring (bicyclic) bond motifs is 2. The lowest BCUT2D eigenvalue weighted by molar-refractivity contribution is 1.07. The second kappa shape index (κ2) is 17.7. The highest BCUT2D eigenvalue weighted by atomic mass is 15.0. The molecule has 0 saturated heterocycles. The van der Waals surface area contributed by atoms with Crippen LogP contribution in [0.5, 0.6) is 0 Å². The Bertz CT molecular complexity index is 3570. The average molecular weight is 866 g/mol. The lowest BCUT2D eigenvalue weighted by Crippen LogP contribution is -2.00. The highest BCUT2D eigenvalue weighted by Crippen LogP contribution is 2.47. The first kappa shape index (κ1) is 40.5. The molecule has 0 aliphatic rings. The van der Waals surface area contributed by atoms with Crippen LogP contribution in [0.15, 0.2) is 261 Å². The van der Waals surface area contributed by atoms with Crippen LogP contribution in [-0.2, 0) is 0 Å². The van der Waals surface area contributed by atoms with E-state index in [2.05, 4.69) is 224 Å². The van der Waals surface area contributed by atoms with Crippen molar-refractivity contribution >= 4 is 21.5 Å². The van der Waals surface area contributed by atoms with Gasteiger partial charge in [0.05, 0.1) is 0 Å². The topological polar surface area (TPSA) is 38.7 Å². The summed E-state index contributed by atoms with van der Waals surface area (Å²) in [6.45, 7) is 0. The Morgan fingerprint density at radius 1 is 0.162 bits per heavy atom. The SMILES string of the molecule is c1ccc(-c2cc(-c3ccccc3)cc(-c3c4ccccc4c(-c4cc(-c5ccccc5)cc(-c5ccccc5)c4)c4cc(-c5nc(-c6ccccc6)nc(-c6ccccc6)n5)ccc34)c2)cc1. The van der Waals surface area contributed by atoms with Crippen LogP contribution < -0.4 is 0 Å². The monoisotopic (exact) mass is 865 g/mol. The van der Waals surface area contributed by atoms with Crippen LogP contribution >= 0.6 is 0 Å². The van der Waals surface area contributed by atoms with Crippen molar-refractivity contribution in [2.75, 3.05) is 0 Å². The summed E-state index contributed by atoms with van der Waals surface area (Å²) in [6.07, 6.45) is 0. The van der Waals surface area contributed by atoms with Gasteiger partial charge in [-0.25, -0.2) is 15.0 Å². The predicted octanol–water partition coefficient (Wildman–Crippen LogP) is 17.2. The van der Waals surface area contributed by atoms with Gasteiger partial charge < -0.3 is 0 Å². The van der Waals surface area contributed by atoms with Gasteiger partial charge in [0.2, 0.25) is 0 Å². The number of hydrogen-bond acceptors (Lipinski definition) is 3.